The maximum atomic E-state index is 13.3. The number of amides is 4. The van der Waals surface area contributed by atoms with Crippen molar-refractivity contribution in [2.75, 3.05) is 42.6 Å². The van der Waals surface area contributed by atoms with Crippen LogP contribution in [-0.2, 0) is 32.2 Å². The summed E-state index contributed by atoms with van der Waals surface area (Å²) in [7, 11) is 0. The van der Waals surface area contributed by atoms with Crippen molar-refractivity contribution in [3.8, 4) is 0 Å². The quantitative estimate of drug-likeness (QED) is 0.152. The fourth-order valence-electron chi connectivity index (χ4n) is 5.47. The highest BCUT2D eigenvalue weighted by atomic mass is 16.6. The van der Waals surface area contributed by atoms with E-state index in [1.165, 1.54) is 4.90 Å². The molecule has 10 heteroatoms. The van der Waals surface area contributed by atoms with E-state index in [-0.39, 0.29) is 25.6 Å². The summed E-state index contributed by atoms with van der Waals surface area (Å²) in [4.78, 5) is 55.9. The Bertz CT molecular complexity index is 1660. The lowest BCUT2D eigenvalue weighted by Crippen LogP contribution is -2.38. The summed E-state index contributed by atoms with van der Waals surface area (Å²) in [6, 6.07) is 33.0. The topological polar surface area (TPSA) is 106 Å². The minimum Gasteiger partial charge on any atom is -0.442 e. The van der Waals surface area contributed by atoms with E-state index in [0.717, 1.165) is 16.0 Å². The van der Waals surface area contributed by atoms with Gasteiger partial charge in [-0.25, -0.2) is 4.79 Å². The number of fused-ring (bicyclic) bond motifs is 1. The number of anilines is 2. The van der Waals surface area contributed by atoms with Gasteiger partial charge in [0.15, 0.2) is 0 Å². The highest BCUT2D eigenvalue weighted by Gasteiger charge is 2.40. The van der Waals surface area contributed by atoms with Crippen LogP contribution in [0.25, 0.3) is 0 Å². The zero-order valence-corrected chi connectivity index (χ0v) is 25.1. The summed E-state index contributed by atoms with van der Waals surface area (Å²) in [6.45, 7) is 1.34. The molecule has 4 aromatic carbocycles. The van der Waals surface area contributed by atoms with Crippen molar-refractivity contribution in [3.63, 3.8) is 0 Å². The molecule has 4 aromatic rings. The fourth-order valence-corrected chi connectivity index (χ4v) is 5.47. The summed E-state index contributed by atoms with van der Waals surface area (Å²) in [5.41, 5.74) is 3.88. The van der Waals surface area contributed by atoms with Gasteiger partial charge < -0.3 is 19.1 Å². The van der Waals surface area contributed by atoms with Crippen LogP contribution in [-0.4, -0.2) is 67.7 Å². The molecule has 6 rings (SSSR count). The van der Waals surface area contributed by atoms with Gasteiger partial charge in [0.2, 0.25) is 0 Å². The lowest BCUT2D eigenvalue weighted by atomic mass is 10.1. The van der Waals surface area contributed by atoms with Gasteiger partial charge in [0.05, 0.1) is 44.0 Å². The smallest absolute Gasteiger partial charge is 0.414 e. The normalized spacial score (nSPS) is 15.7. The van der Waals surface area contributed by atoms with Crippen molar-refractivity contribution in [2.24, 2.45) is 0 Å². The zero-order valence-electron chi connectivity index (χ0n) is 25.1. The highest BCUT2D eigenvalue weighted by molar-refractivity contribution is 6.21. The molecule has 2 aliphatic rings. The van der Waals surface area contributed by atoms with Crippen molar-refractivity contribution in [2.45, 2.75) is 19.3 Å². The number of carbonyl (C=O) groups is 4. The van der Waals surface area contributed by atoms with Crippen molar-refractivity contribution in [1.29, 1.82) is 0 Å². The predicted octanol–water partition coefficient (Wildman–Crippen LogP) is 5.07. The molecular formula is C36H33N3O7. The first-order valence-corrected chi connectivity index (χ1v) is 15.0. The Morgan fingerprint density at radius 1 is 0.739 bits per heavy atom. The van der Waals surface area contributed by atoms with Crippen LogP contribution in [0.4, 0.5) is 16.2 Å². The molecule has 4 amide bonds. The van der Waals surface area contributed by atoms with Gasteiger partial charge in [-0.05, 0) is 47.5 Å². The van der Waals surface area contributed by atoms with E-state index in [1.807, 2.05) is 60.7 Å². The molecule has 0 bridgehead atoms. The molecule has 0 saturated carbocycles. The summed E-state index contributed by atoms with van der Waals surface area (Å²) in [6.07, 6.45) is -1.26. The molecule has 0 unspecified atom stereocenters. The van der Waals surface area contributed by atoms with Crippen LogP contribution in [0.1, 0.15) is 31.8 Å². The van der Waals surface area contributed by atoms with Crippen LogP contribution < -0.4 is 9.80 Å². The Morgan fingerprint density at radius 3 is 1.91 bits per heavy atom. The molecule has 2 heterocycles. The molecule has 46 heavy (non-hydrogen) atoms. The fraction of sp³-hybridized carbons (Fsp3) is 0.222. The van der Waals surface area contributed by atoms with E-state index in [1.54, 1.807) is 53.4 Å². The Hall–Kier alpha value is -5.32. The number of cyclic esters (lactones) is 1. The van der Waals surface area contributed by atoms with Crippen molar-refractivity contribution >= 4 is 35.2 Å². The number of carbonyl (C=O) groups excluding carboxylic acids is 4. The molecule has 2 aliphatic heterocycles. The van der Waals surface area contributed by atoms with Crippen molar-refractivity contribution in [3.05, 3.63) is 131 Å². The molecule has 1 saturated heterocycles. The Kier molecular flexibility index (Phi) is 9.47. The monoisotopic (exact) mass is 619 g/mol. The first-order chi connectivity index (χ1) is 22.5. The van der Waals surface area contributed by atoms with Gasteiger partial charge in [-0.15, -0.1) is 0 Å². The number of ether oxygens (including phenoxy) is 3. The van der Waals surface area contributed by atoms with Gasteiger partial charge in [-0.3, -0.25) is 24.2 Å². The molecule has 1 atom stereocenters. The van der Waals surface area contributed by atoms with Gasteiger partial charge in [0.1, 0.15) is 12.7 Å². The third kappa shape index (κ3) is 6.98. The highest BCUT2D eigenvalue weighted by Crippen LogP contribution is 2.28. The van der Waals surface area contributed by atoms with E-state index in [2.05, 4.69) is 0 Å². The second-order valence-corrected chi connectivity index (χ2v) is 11.0. The van der Waals surface area contributed by atoms with Crippen LogP contribution in [0, 0.1) is 0 Å². The zero-order chi connectivity index (χ0) is 31.9. The van der Waals surface area contributed by atoms with Crippen molar-refractivity contribution in [1.82, 2.24) is 4.90 Å². The maximum Gasteiger partial charge on any atom is 0.414 e. The van der Waals surface area contributed by atoms with Crippen LogP contribution in [0.5, 0.6) is 0 Å². The SMILES string of the molecule is O=C1c2ccccc2C(=O)N1C[C@H]1CN(c2ccc(N(CCOCc3ccccc3)C(=O)COCc3ccccc3)cc2)C(=O)O1. The second kappa shape index (κ2) is 14.2. The van der Waals surface area contributed by atoms with Gasteiger partial charge in [-0.1, -0.05) is 72.8 Å². The van der Waals surface area contributed by atoms with E-state index < -0.39 is 24.0 Å². The van der Waals surface area contributed by atoms with E-state index in [4.69, 9.17) is 14.2 Å². The van der Waals surface area contributed by atoms with Gasteiger partial charge in [0.25, 0.3) is 17.7 Å². The Morgan fingerprint density at radius 2 is 1.30 bits per heavy atom. The van der Waals surface area contributed by atoms with Crippen LogP contribution >= 0.6 is 0 Å². The van der Waals surface area contributed by atoms with E-state index >= 15 is 0 Å². The molecular weight excluding hydrogens is 586 g/mol. The summed E-state index contributed by atoms with van der Waals surface area (Å²) in [5.74, 6) is -1.03. The molecule has 0 spiro atoms. The molecule has 1 fully saturated rings. The minimum absolute atomic E-state index is 0.0408. The van der Waals surface area contributed by atoms with Crippen LogP contribution in [0.2, 0.25) is 0 Å². The van der Waals surface area contributed by atoms with E-state index in [9.17, 15) is 19.2 Å². The average molecular weight is 620 g/mol. The van der Waals surface area contributed by atoms with Gasteiger partial charge in [-0.2, -0.15) is 0 Å². The molecule has 0 N–H and O–H groups in total. The first-order valence-electron chi connectivity index (χ1n) is 15.0. The van der Waals surface area contributed by atoms with E-state index in [0.29, 0.717) is 48.9 Å². The summed E-state index contributed by atoms with van der Waals surface area (Å²) < 4.78 is 17.1. The Balaban J connectivity index is 1.09. The standard InChI is InChI=1S/C36H33N3O7/c40-33(25-45-24-27-11-5-2-6-12-27)37(19-20-44-23-26-9-3-1-4-10-26)28-15-17-29(18-16-28)38-21-30(46-36(38)43)22-39-34(41)31-13-7-8-14-32(31)35(39)42/h1-18,30H,19-25H2/t30-/m1/s1. The Labute approximate surface area is 266 Å². The number of rotatable bonds is 13. The molecule has 0 aliphatic carbocycles. The van der Waals surface area contributed by atoms with Gasteiger partial charge in [0, 0.05) is 17.9 Å². The molecule has 234 valence electrons. The van der Waals surface area contributed by atoms with Crippen LogP contribution in [0.3, 0.4) is 0 Å². The van der Waals surface area contributed by atoms with Crippen LogP contribution in [0.15, 0.2) is 109 Å². The first kappa shape index (κ1) is 30.7. The largest absolute Gasteiger partial charge is 0.442 e. The number of benzene rings is 4. The summed E-state index contributed by atoms with van der Waals surface area (Å²) in [5, 5.41) is 0. The maximum absolute atomic E-state index is 13.3. The number of nitrogens with zero attached hydrogens (tertiary/aromatic N) is 3. The number of imide groups is 1. The third-order valence-corrected chi connectivity index (χ3v) is 7.82. The lowest BCUT2D eigenvalue weighted by molar-refractivity contribution is -0.123. The minimum atomic E-state index is -0.684. The third-order valence-electron chi connectivity index (χ3n) is 7.82. The second-order valence-electron chi connectivity index (χ2n) is 11.0. The predicted molar refractivity (Wildman–Crippen MR) is 170 cm³/mol. The number of hydrogen-bond acceptors (Lipinski definition) is 7. The lowest BCUT2D eigenvalue weighted by Gasteiger charge is -2.24. The molecule has 10 nitrogen and oxygen atoms in total. The summed E-state index contributed by atoms with van der Waals surface area (Å²) >= 11 is 0. The molecule has 0 radical (unpaired) electrons. The molecule has 0 aromatic heterocycles. The average Bonchev–Trinajstić information content (AvgIpc) is 3.57. The number of hydrogen-bond donors (Lipinski definition) is 0. The van der Waals surface area contributed by atoms with Crippen molar-refractivity contribution < 1.29 is 33.4 Å². The van der Waals surface area contributed by atoms with Gasteiger partial charge >= 0.3 is 6.09 Å².